The van der Waals surface area contributed by atoms with Gasteiger partial charge >= 0.3 is 6.36 Å². The fourth-order valence-electron chi connectivity index (χ4n) is 1.32. The third-order valence-corrected chi connectivity index (χ3v) is 2.04. The monoisotopic (exact) mass is 263 g/mol. The highest BCUT2D eigenvalue weighted by molar-refractivity contribution is 5.27. The van der Waals surface area contributed by atoms with Crippen molar-refractivity contribution in [3.8, 4) is 5.75 Å². The van der Waals surface area contributed by atoms with Crippen LogP contribution in [-0.2, 0) is 6.54 Å². The minimum Gasteiger partial charge on any atom is -0.406 e. The van der Waals surface area contributed by atoms with Gasteiger partial charge in [-0.25, -0.2) is 0 Å². The highest BCUT2D eigenvalue weighted by atomic mass is 19.4. The second-order valence-corrected chi connectivity index (χ2v) is 4.61. The standard InChI is InChI=1S/C12H16F3NO2/c1-11(2,17)8-16-7-9-3-5-10(6-4-9)18-12(13,14)15/h3-6,16-17H,7-8H2,1-2H3. The molecule has 3 nitrogen and oxygen atoms in total. The molecular formula is C12H16F3NO2. The molecule has 0 aliphatic rings. The number of benzene rings is 1. The van der Waals surface area contributed by atoms with Crippen molar-refractivity contribution in [2.45, 2.75) is 32.4 Å². The van der Waals surface area contributed by atoms with Crippen LogP contribution in [0.15, 0.2) is 24.3 Å². The molecule has 1 aromatic carbocycles. The molecule has 0 aliphatic carbocycles. The van der Waals surface area contributed by atoms with Crippen LogP contribution in [0.5, 0.6) is 5.75 Å². The molecule has 0 heterocycles. The first-order valence-electron chi connectivity index (χ1n) is 5.43. The summed E-state index contributed by atoms with van der Waals surface area (Å²) in [5.41, 5.74) is -0.00642. The number of hydrogen-bond acceptors (Lipinski definition) is 3. The smallest absolute Gasteiger partial charge is 0.406 e. The lowest BCUT2D eigenvalue weighted by molar-refractivity contribution is -0.274. The number of halogens is 3. The van der Waals surface area contributed by atoms with Crippen molar-refractivity contribution in [1.29, 1.82) is 0 Å². The molecule has 6 heteroatoms. The van der Waals surface area contributed by atoms with Crippen molar-refractivity contribution in [3.63, 3.8) is 0 Å². The Labute approximate surface area is 104 Å². The van der Waals surface area contributed by atoms with Crippen molar-refractivity contribution >= 4 is 0 Å². The Morgan fingerprint density at radius 3 is 2.17 bits per heavy atom. The number of nitrogens with one attached hydrogen (secondary N) is 1. The number of aliphatic hydroxyl groups is 1. The molecule has 0 atom stereocenters. The zero-order valence-electron chi connectivity index (χ0n) is 10.2. The molecule has 0 bridgehead atoms. The van der Waals surface area contributed by atoms with E-state index in [1.165, 1.54) is 12.1 Å². The summed E-state index contributed by atoms with van der Waals surface area (Å²) in [6.45, 7) is 4.20. The SMILES string of the molecule is CC(C)(O)CNCc1ccc(OC(F)(F)F)cc1. The average Bonchev–Trinajstić information content (AvgIpc) is 2.16. The second-order valence-electron chi connectivity index (χ2n) is 4.61. The summed E-state index contributed by atoms with van der Waals surface area (Å²) in [6, 6.07) is 5.60. The maximum absolute atomic E-state index is 11.9. The first kappa shape index (κ1) is 14.8. The topological polar surface area (TPSA) is 41.5 Å². The van der Waals surface area contributed by atoms with Gasteiger partial charge in [-0.05, 0) is 31.5 Å². The molecule has 1 aromatic rings. The Morgan fingerprint density at radius 1 is 1.17 bits per heavy atom. The van der Waals surface area contributed by atoms with Gasteiger partial charge in [-0.2, -0.15) is 0 Å². The molecule has 102 valence electrons. The predicted molar refractivity (Wildman–Crippen MR) is 61.1 cm³/mol. The summed E-state index contributed by atoms with van der Waals surface area (Å²) >= 11 is 0. The lowest BCUT2D eigenvalue weighted by Gasteiger charge is -2.17. The lowest BCUT2D eigenvalue weighted by Crippen LogP contribution is -2.34. The molecule has 0 unspecified atom stereocenters. The number of rotatable bonds is 5. The van der Waals surface area contributed by atoms with Crippen molar-refractivity contribution < 1.29 is 23.0 Å². The average molecular weight is 263 g/mol. The van der Waals surface area contributed by atoms with Gasteiger partial charge in [0.1, 0.15) is 5.75 Å². The molecule has 0 radical (unpaired) electrons. The van der Waals surface area contributed by atoms with E-state index in [0.717, 1.165) is 5.56 Å². The van der Waals surface area contributed by atoms with Gasteiger partial charge in [0.15, 0.2) is 0 Å². The van der Waals surface area contributed by atoms with Crippen LogP contribution in [0.2, 0.25) is 0 Å². The van der Waals surface area contributed by atoms with Crippen LogP contribution < -0.4 is 10.1 Å². The van der Waals surface area contributed by atoms with Gasteiger partial charge in [0.05, 0.1) is 5.60 Å². The molecule has 0 amide bonds. The summed E-state index contributed by atoms with van der Waals surface area (Å²) in [6.07, 6.45) is -4.67. The van der Waals surface area contributed by atoms with Crippen LogP contribution in [0.1, 0.15) is 19.4 Å². The maximum Gasteiger partial charge on any atom is 0.573 e. The number of alkyl halides is 3. The van der Waals surface area contributed by atoms with Crippen LogP contribution in [0.3, 0.4) is 0 Å². The van der Waals surface area contributed by atoms with E-state index < -0.39 is 12.0 Å². The Bertz CT molecular complexity index is 368. The van der Waals surface area contributed by atoms with E-state index in [9.17, 15) is 18.3 Å². The summed E-state index contributed by atoms with van der Waals surface area (Å²) in [5.74, 6) is -0.242. The van der Waals surface area contributed by atoms with Crippen LogP contribution in [0.25, 0.3) is 0 Å². The Kier molecular flexibility index (Phi) is 4.59. The van der Waals surface area contributed by atoms with Gasteiger partial charge in [-0.3, -0.25) is 0 Å². The van der Waals surface area contributed by atoms with E-state index in [-0.39, 0.29) is 5.75 Å². The molecular weight excluding hydrogens is 247 g/mol. The minimum absolute atomic E-state index is 0.242. The molecule has 0 fully saturated rings. The Morgan fingerprint density at radius 2 is 1.72 bits per heavy atom. The van der Waals surface area contributed by atoms with E-state index >= 15 is 0 Å². The Hall–Kier alpha value is -1.27. The molecule has 1 rings (SSSR count). The summed E-state index contributed by atoms with van der Waals surface area (Å²) < 4.78 is 39.5. The molecule has 18 heavy (non-hydrogen) atoms. The van der Waals surface area contributed by atoms with Gasteiger partial charge in [0, 0.05) is 13.1 Å². The van der Waals surface area contributed by atoms with Crippen molar-refractivity contribution in [1.82, 2.24) is 5.32 Å². The Balaban J connectivity index is 2.46. The van der Waals surface area contributed by atoms with Crippen LogP contribution in [0, 0.1) is 0 Å². The van der Waals surface area contributed by atoms with E-state index in [2.05, 4.69) is 10.1 Å². The van der Waals surface area contributed by atoms with Gasteiger partial charge in [-0.1, -0.05) is 12.1 Å². The molecule has 0 saturated carbocycles. The van der Waals surface area contributed by atoms with Gasteiger partial charge in [0.2, 0.25) is 0 Å². The molecule has 0 aliphatic heterocycles. The van der Waals surface area contributed by atoms with E-state index in [0.29, 0.717) is 13.1 Å². The van der Waals surface area contributed by atoms with E-state index in [1.807, 2.05) is 0 Å². The van der Waals surface area contributed by atoms with E-state index in [4.69, 9.17) is 0 Å². The fraction of sp³-hybridized carbons (Fsp3) is 0.500. The van der Waals surface area contributed by atoms with Crippen molar-refractivity contribution in [2.75, 3.05) is 6.54 Å². The van der Waals surface area contributed by atoms with Gasteiger partial charge < -0.3 is 15.2 Å². The van der Waals surface area contributed by atoms with Gasteiger partial charge in [0.25, 0.3) is 0 Å². The third-order valence-electron chi connectivity index (χ3n) is 2.04. The largest absolute Gasteiger partial charge is 0.573 e. The molecule has 2 N–H and O–H groups in total. The highest BCUT2D eigenvalue weighted by Crippen LogP contribution is 2.22. The maximum atomic E-state index is 11.9. The van der Waals surface area contributed by atoms with Crippen LogP contribution in [-0.4, -0.2) is 23.6 Å². The predicted octanol–water partition coefficient (Wildman–Crippen LogP) is 2.45. The van der Waals surface area contributed by atoms with Crippen molar-refractivity contribution in [3.05, 3.63) is 29.8 Å². The zero-order valence-corrected chi connectivity index (χ0v) is 10.2. The third kappa shape index (κ3) is 6.46. The van der Waals surface area contributed by atoms with Crippen LogP contribution >= 0.6 is 0 Å². The lowest BCUT2D eigenvalue weighted by atomic mass is 10.1. The van der Waals surface area contributed by atoms with E-state index in [1.54, 1.807) is 26.0 Å². The van der Waals surface area contributed by atoms with Crippen molar-refractivity contribution in [2.24, 2.45) is 0 Å². The quantitative estimate of drug-likeness (QED) is 0.857. The van der Waals surface area contributed by atoms with Crippen LogP contribution in [0.4, 0.5) is 13.2 Å². The highest BCUT2D eigenvalue weighted by Gasteiger charge is 2.30. The normalized spacial score (nSPS) is 12.6. The summed E-state index contributed by atoms with van der Waals surface area (Å²) in [5, 5.41) is 12.5. The number of ether oxygens (including phenoxy) is 1. The minimum atomic E-state index is -4.67. The molecule has 0 saturated heterocycles. The first-order valence-corrected chi connectivity index (χ1v) is 5.43. The second kappa shape index (κ2) is 5.58. The first-order chi connectivity index (χ1) is 8.16. The summed E-state index contributed by atoms with van der Waals surface area (Å²) in [7, 11) is 0. The number of hydrogen-bond donors (Lipinski definition) is 2. The molecule has 0 aromatic heterocycles. The summed E-state index contributed by atoms with van der Waals surface area (Å²) in [4.78, 5) is 0. The molecule has 0 spiro atoms. The zero-order chi connectivity index (χ0) is 13.8. The fourth-order valence-corrected chi connectivity index (χ4v) is 1.32. The van der Waals surface area contributed by atoms with Gasteiger partial charge in [-0.15, -0.1) is 13.2 Å².